The molecule has 1 unspecified atom stereocenters. The number of rotatable bonds is 0. The zero-order valence-corrected chi connectivity index (χ0v) is 11.5. The van der Waals surface area contributed by atoms with Gasteiger partial charge in [-0.2, -0.15) is 0 Å². The van der Waals surface area contributed by atoms with Crippen molar-refractivity contribution in [3.8, 4) is 0 Å². The minimum atomic E-state index is -0.646. The lowest BCUT2D eigenvalue weighted by Crippen LogP contribution is -2.23. The lowest BCUT2D eigenvalue weighted by molar-refractivity contribution is -0.150. The predicted molar refractivity (Wildman–Crippen MR) is 71.1 cm³/mol. The summed E-state index contributed by atoms with van der Waals surface area (Å²) < 4.78 is 5.08. The first-order chi connectivity index (χ1) is 8.50. The van der Waals surface area contributed by atoms with Crippen LogP contribution in [0.3, 0.4) is 0 Å². The largest absolute Gasteiger partial charge is 0.461 e. The first-order valence-electron chi connectivity index (χ1n) is 6.51. The van der Waals surface area contributed by atoms with E-state index in [9.17, 15) is 9.59 Å². The number of allylic oxidation sites excluding steroid dienone is 3. The highest BCUT2D eigenvalue weighted by Crippen LogP contribution is 2.14. The summed E-state index contributed by atoms with van der Waals surface area (Å²) in [5.74, 6) is -1.09. The van der Waals surface area contributed by atoms with Crippen LogP contribution in [0.5, 0.6) is 0 Å². The number of hydrogen-bond donors (Lipinski definition) is 0. The number of cyclic esters (lactones) is 1. The van der Waals surface area contributed by atoms with E-state index < -0.39 is 11.9 Å². The molecule has 0 saturated carbocycles. The topological polar surface area (TPSA) is 43.4 Å². The summed E-state index contributed by atoms with van der Waals surface area (Å²) in [7, 11) is 0. The average molecular weight is 250 g/mol. The Hall–Kier alpha value is -1.38. The SMILES string of the molecule is C/C1=C/CC/C(C)=C/COC(=O)C(C)C(=O)CC1. The first kappa shape index (κ1) is 14.7. The van der Waals surface area contributed by atoms with Crippen molar-refractivity contribution in [3.05, 3.63) is 23.3 Å². The lowest BCUT2D eigenvalue weighted by atomic mass is 9.99. The third kappa shape index (κ3) is 4.86. The molecule has 0 aromatic heterocycles. The molecule has 0 aliphatic carbocycles. The van der Waals surface area contributed by atoms with Crippen LogP contribution in [0.25, 0.3) is 0 Å². The van der Waals surface area contributed by atoms with E-state index in [0.29, 0.717) is 6.42 Å². The molecular weight excluding hydrogens is 228 g/mol. The number of hydrogen-bond acceptors (Lipinski definition) is 3. The predicted octanol–water partition coefficient (Wildman–Crippen LogP) is 3.20. The molecule has 1 heterocycles. The fourth-order valence-corrected chi connectivity index (χ4v) is 1.81. The van der Waals surface area contributed by atoms with Gasteiger partial charge < -0.3 is 4.74 Å². The first-order valence-corrected chi connectivity index (χ1v) is 6.51. The fourth-order valence-electron chi connectivity index (χ4n) is 1.81. The molecule has 0 bridgehead atoms. The molecule has 0 spiro atoms. The van der Waals surface area contributed by atoms with Gasteiger partial charge in [0.2, 0.25) is 0 Å². The highest BCUT2D eigenvalue weighted by molar-refractivity contribution is 5.98. The molecule has 0 radical (unpaired) electrons. The van der Waals surface area contributed by atoms with Crippen molar-refractivity contribution in [2.24, 2.45) is 5.92 Å². The Morgan fingerprint density at radius 2 is 1.72 bits per heavy atom. The molecule has 18 heavy (non-hydrogen) atoms. The Bertz CT molecular complexity index is 377. The molecule has 3 nitrogen and oxygen atoms in total. The fraction of sp³-hybridized carbons (Fsp3) is 0.600. The second-order valence-corrected chi connectivity index (χ2v) is 4.96. The Kier molecular flexibility index (Phi) is 5.83. The maximum Gasteiger partial charge on any atom is 0.316 e. The van der Waals surface area contributed by atoms with Gasteiger partial charge in [-0.25, -0.2) is 0 Å². The van der Waals surface area contributed by atoms with Crippen LogP contribution in [-0.4, -0.2) is 18.4 Å². The Morgan fingerprint density at radius 3 is 2.44 bits per heavy atom. The van der Waals surface area contributed by atoms with Crippen molar-refractivity contribution in [1.82, 2.24) is 0 Å². The zero-order valence-electron chi connectivity index (χ0n) is 11.5. The van der Waals surface area contributed by atoms with Gasteiger partial charge in [-0.1, -0.05) is 17.2 Å². The van der Waals surface area contributed by atoms with Crippen LogP contribution in [0, 0.1) is 5.92 Å². The molecule has 1 rings (SSSR count). The third-order valence-corrected chi connectivity index (χ3v) is 3.29. The Morgan fingerprint density at radius 1 is 1.06 bits per heavy atom. The van der Waals surface area contributed by atoms with Crippen molar-refractivity contribution in [2.75, 3.05) is 6.61 Å². The maximum atomic E-state index is 11.8. The summed E-state index contributed by atoms with van der Waals surface area (Å²) >= 11 is 0. The van der Waals surface area contributed by atoms with Gasteiger partial charge in [0.05, 0.1) is 0 Å². The molecule has 0 saturated heterocycles. The van der Waals surface area contributed by atoms with Gasteiger partial charge in [0.25, 0.3) is 0 Å². The van der Waals surface area contributed by atoms with E-state index in [0.717, 1.165) is 19.3 Å². The molecule has 3 heteroatoms. The van der Waals surface area contributed by atoms with Gasteiger partial charge in [0, 0.05) is 6.42 Å². The van der Waals surface area contributed by atoms with Crippen LogP contribution >= 0.6 is 0 Å². The number of carbonyl (C=O) groups excluding carboxylic acids is 2. The highest BCUT2D eigenvalue weighted by Gasteiger charge is 2.22. The van der Waals surface area contributed by atoms with Crippen molar-refractivity contribution < 1.29 is 14.3 Å². The van der Waals surface area contributed by atoms with E-state index in [2.05, 4.69) is 6.08 Å². The molecule has 0 amide bonds. The number of Topliss-reactive ketones (excluding diaryl/α,β-unsaturated/α-hetero) is 1. The third-order valence-electron chi connectivity index (χ3n) is 3.29. The monoisotopic (exact) mass is 250 g/mol. The van der Waals surface area contributed by atoms with Crippen LogP contribution in [-0.2, 0) is 14.3 Å². The molecule has 0 fully saturated rings. The van der Waals surface area contributed by atoms with Gasteiger partial charge in [-0.15, -0.1) is 0 Å². The number of carbonyl (C=O) groups is 2. The summed E-state index contributed by atoms with van der Waals surface area (Å²) in [6.07, 6.45) is 7.19. The molecular formula is C15H22O3. The van der Waals surface area contributed by atoms with Crippen LogP contribution < -0.4 is 0 Å². The standard InChI is InChI=1S/C15H22O3/c1-11-5-4-6-12(2)9-10-18-15(17)13(3)14(16)8-7-11/h5,9,13H,4,6-8,10H2,1-3H3/b11-5-,12-9+. The number of ketones is 1. The molecule has 0 aromatic rings. The van der Waals surface area contributed by atoms with Crippen molar-refractivity contribution in [2.45, 2.75) is 46.5 Å². The van der Waals surface area contributed by atoms with E-state index in [-0.39, 0.29) is 12.4 Å². The summed E-state index contributed by atoms with van der Waals surface area (Å²) in [4.78, 5) is 23.4. The molecule has 1 aliphatic rings. The summed E-state index contributed by atoms with van der Waals surface area (Å²) in [5.41, 5.74) is 2.43. The van der Waals surface area contributed by atoms with Crippen LogP contribution in [0.1, 0.15) is 46.5 Å². The van der Waals surface area contributed by atoms with Crippen molar-refractivity contribution in [1.29, 1.82) is 0 Å². The van der Waals surface area contributed by atoms with Gasteiger partial charge in [0.1, 0.15) is 18.3 Å². The normalized spacial score (nSPS) is 29.8. The van der Waals surface area contributed by atoms with Gasteiger partial charge in [-0.05, 0) is 46.1 Å². The molecule has 0 aromatic carbocycles. The van der Waals surface area contributed by atoms with E-state index in [4.69, 9.17) is 4.74 Å². The van der Waals surface area contributed by atoms with E-state index in [1.54, 1.807) is 6.92 Å². The van der Waals surface area contributed by atoms with Crippen LogP contribution in [0.4, 0.5) is 0 Å². The summed E-state index contributed by atoms with van der Waals surface area (Å²) in [6.45, 7) is 5.96. The average Bonchev–Trinajstić information content (AvgIpc) is 2.34. The zero-order chi connectivity index (χ0) is 13.5. The van der Waals surface area contributed by atoms with Gasteiger partial charge in [0.15, 0.2) is 0 Å². The second-order valence-electron chi connectivity index (χ2n) is 4.96. The number of ether oxygens (including phenoxy) is 1. The second kappa shape index (κ2) is 7.14. The highest BCUT2D eigenvalue weighted by atomic mass is 16.5. The molecule has 100 valence electrons. The molecule has 1 aliphatic heterocycles. The minimum absolute atomic E-state index is 0.0345. The van der Waals surface area contributed by atoms with E-state index in [1.165, 1.54) is 11.1 Å². The smallest absolute Gasteiger partial charge is 0.316 e. The Labute approximate surface area is 109 Å². The molecule has 0 N–H and O–H groups in total. The van der Waals surface area contributed by atoms with E-state index in [1.807, 2.05) is 19.9 Å². The summed E-state index contributed by atoms with van der Waals surface area (Å²) in [5, 5.41) is 0. The number of esters is 1. The van der Waals surface area contributed by atoms with Crippen LogP contribution in [0.15, 0.2) is 23.3 Å². The van der Waals surface area contributed by atoms with Crippen molar-refractivity contribution >= 4 is 11.8 Å². The van der Waals surface area contributed by atoms with Crippen LogP contribution in [0.2, 0.25) is 0 Å². The summed E-state index contributed by atoms with van der Waals surface area (Å²) in [6, 6.07) is 0. The van der Waals surface area contributed by atoms with Gasteiger partial charge >= 0.3 is 5.97 Å². The molecule has 1 atom stereocenters. The quantitative estimate of drug-likeness (QED) is 0.377. The lowest BCUT2D eigenvalue weighted by Gasteiger charge is -2.09. The maximum absolute atomic E-state index is 11.8. The van der Waals surface area contributed by atoms with Gasteiger partial charge in [-0.3, -0.25) is 9.59 Å². The Balaban J connectivity index is 2.75. The minimum Gasteiger partial charge on any atom is -0.461 e. The van der Waals surface area contributed by atoms with Crippen molar-refractivity contribution in [3.63, 3.8) is 0 Å². The van der Waals surface area contributed by atoms with E-state index >= 15 is 0 Å².